The zero-order chi connectivity index (χ0) is 32.4. The third kappa shape index (κ3) is 4.81. The van der Waals surface area contributed by atoms with Crippen LogP contribution in [0.25, 0.3) is 32.9 Å². The van der Waals surface area contributed by atoms with Crippen LogP contribution >= 0.6 is 0 Å². The Morgan fingerprint density at radius 2 is 2.06 bits per heavy atom. The number of pyridine rings is 1. The molecule has 1 unspecified atom stereocenters. The number of anilines is 1. The molecule has 2 N–H and O–H groups in total. The number of fused-ring (bicyclic) bond motifs is 4. The highest BCUT2D eigenvalue weighted by Gasteiger charge is 2.49. The van der Waals surface area contributed by atoms with E-state index in [0.717, 1.165) is 25.8 Å². The number of benzene rings is 2. The molecule has 0 bridgehead atoms. The maximum atomic E-state index is 17.1. The highest BCUT2D eigenvalue weighted by atomic mass is 19.1. The fourth-order valence-electron chi connectivity index (χ4n) is 8.26. The van der Waals surface area contributed by atoms with Crippen molar-refractivity contribution in [3.63, 3.8) is 0 Å². The van der Waals surface area contributed by atoms with Gasteiger partial charge in [-0.2, -0.15) is 9.97 Å². The summed E-state index contributed by atoms with van der Waals surface area (Å²) >= 11 is 0. The van der Waals surface area contributed by atoms with Gasteiger partial charge in [0.15, 0.2) is 5.82 Å². The number of ether oxygens (including phenoxy) is 2. The number of nitrogens with zero attached hydrogens (tertiary/aromatic N) is 5. The van der Waals surface area contributed by atoms with Crippen molar-refractivity contribution in [2.75, 3.05) is 44.3 Å². The molecule has 47 heavy (non-hydrogen) atoms. The van der Waals surface area contributed by atoms with Crippen LogP contribution in [0.1, 0.15) is 44.6 Å². The summed E-state index contributed by atoms with van der Waals surface area (Å²) in [7, 11) is 0. The van der Waals surface area contributed by atoms with Crippen molar-refractivity contribution in [1.29, 1.82) is 0 Å². The quantitative estimate of drug-likeness (QED) is 0.288. The lowest BCUT2D eigenvalue weighted by atomic mass is 9.95. The standard InChI is InChI=1S/C35H35F3N6O3/c1-3-22-24(37)7-6-19-14-21(45)15-23(27(19)22)30-29(38)31-28-32(44-12-10-39-25(4-2)26(44)8-13-46-33(28)40-30)42-34(41-31)47-18-35-9-5-11-43(35)17-20(36)16-35/h1,6-7,14-15,20,25-26,39,45H,4-5,8-13,16-18H2,2H3/t20-,25+,26?,35+/m1/s1. The minimum atomic E-state index is -0.932. The summed E-state index contributed by atoms with van der Waals surface area (Å²) in [6, 6.07) is 5.57. The average molecular weight is 645 g/mol. The molecular weight excluding hydrogens is 609 g/mol. The summed E-state index contributed by atoms with van der Waals surface area (Å²) in [6.45, 7) is 5.08. The van der Waals surface area contributed by atoms with Crippen molar-refractivity contribution in [3.8, 4) is 41.2 Å². The summed E-state index contributed by atoms with van der Waals surface area (Å²) < 4.78 is 59.1. The molecule has 4 atom stereocenters. The number of aromatic hydroxyl groups is 1. The second-order valence-corrected chi connectivity index (χ2v) is 13.0. The Balaban J connectivity index is 1.34. The van der Waals surface area contributed by atoms with Crippen LogP contribution in [0.2, 0.25) is 0 Å². The smallest absolute Gasteiger partial charge is 0.319 e. The van der Waals surface area contributed by atoms with Gasteiger partial charge in [0.1, 0.15) is 46.8 Å². The largest absolute Gasteiger partial charge is 0.508 e. The number of phenols is 1. The lowest BCUT2D eigenvalue weighted by molar-refractivity contribution is 0.107. The Kier molecular flexibility index (Phi) is 7.29. The molecule has 4 aromatic rings. The molecule has 12 heteroatoms. The first-order valence-electron chi connectivity index (χ1n) is 16.3. The number of hydrogen-bond acceptors (Lipinski definition) is 9. The molecule has 4 aliphatic rings. The van der Waals surface area contributed by atoms with Crippen LogP contribution in [0.3, 0.4) is 0 Å². The van der Waals surface area contributed by atoms with Gasteiger partial charge in [-0.25, -0.2) is 18.2 Å². The van der Waals surface area contributed by atoms with E-state index < -0.39 is 23.3 Å². The molecule has 3 fully saturated rings. The van der Waals surface area contributed by atoms with E-state index in [4.69, 9.17) is 20.9 Å². The van der Waals surface area contributed by atoms with E-state index in [1.54, 1.807) is 0 Å². The van der Waals surface area contributed by atoms with Gasteiger partial charge in [-0.3, -0.25) is 4.90 Å². The van der Waals surface area contributed by atoms with Crippen LogP contribution in [-0.2, 0) is 0 Å². The van der Waals surface area contributed by atoms with Gasteiger partial charge in [-0.15, -0.1) is 6.42 Å². The lowest BCUT2D eigenvalue weighted by Gasteiger charge is -2.43. The molecule has 0 aliphatic carbocycles. The number of rotatable bonds is 5. The topological polar surface area (TPSA) is 95.9 Å². The van der Waals surface area contributed by atoms with Crippen LogP contribution in [0.5, 0.6) is 17.6 Å². The first kappa shape index (κ1) is 30.0. The Morgan fingerprint density at radius 3 is 2.89 bits per heavy atom. The number of halogens is 3. The van der Waals surface area contributed by atoms with Crippen molar-refractivity contribution < 1.29 is 27.8 Å². The third-order valence-electron chi connectivity index (χ3n) is 10.4. The van der Waals surface area contributed by atoms with Crippen molar-refractivity contribution in [3.05, 3.63) is 41.5 Å². The van der Waals surface area contributed by atoms with Gasteiger partial charge in [0, 0.05) is 55.5 Å². The molecule has 9 nitrogen and oxygen atoms in total. The Hall–Kier alpha value is -4.34. The molecule has 0 amide bonds. The van der Waals surface area contributed by atoms with Crippen molar-refractivity contribution in [2.24, 2.45) is 0 Å². The highest BCUT2D eigenvalue weighted by Crippen LogP contribution is 2.44. The van der Waals surface area contributed by atoms with Crippen LogP contribution in [0.15, 0.2) is 24.3 Å². The summed E-state index contributed by atoms with van der Waals surface area (Å²) in [6.07, 6.45) is 8.42. The van der Waals surface area contributed by atoms with Gasteiger partial charge in [0.05, 0.1) is 17.7 Å². The van der Waals surface area contributed by atoms with Crippen LogP contribution in [0, 0.1) is 24.0 Å². The van der Waals surface area contributed by atoms with E-state index in [1.807, 2.05) is 0 Å². The number of terminal acetylenes is 1. The number of phenolic OH excluding ortho intramolecular Hbond substituents is 1. The predicted octanol–water partition coefficient (Wildman–Crippen LogP) is 5.10. The molecule has 244 valence electrons. The summed E-state index contributed by atoms with van der Waals surface area (Å²) in [5, 5.41) is 15.2. The Bertz CT molecular complexity index is 1950. The zero-order valence-corrected chi connectivity index (χ0v) is 26.0. The molecule has 0 saturated carbocycles. The maximum absolute atomic E-state index is 17.1. The van der Waals surface area contributed by atoms with E-state index in [0.29, 0.717) is 55.7 Å². The van der Waals surface area contributed by atoms with Crippen molar-refractivity contribution in [1.82, 2.24) is 25.2 Å². The van der Waals surface area contributed by atoms with E-state index in [9.17, 15) is 13.9 Å². The molecule has 6 heterocycles. The minimum absolute atomic E-state index is 0.0119. The predicted molar refractivity (Wildman–Crippen MR) is 172 cm³/mol. The Labute approximate surface area is 270 Å². The molecule has 3 saturated heterocycles. The maximum Gasteiger partial charge on any atom is 0.319 e. The highest BCUT2D eigenvalue weighted by molar-refractivity contribution is 6.04. The normalized spacial score (nSPS) is 25.6. The molecule has 0 radical (unpaired) electrons. The fourth-order valence-corrected chi connectivity index (χ4v) is 8.26. The SMILES string of the molecule is C#Cc1c(F)ccc2cc(O)cc(-c3nc4c5c(nc(OC[C@@]67CCCN6C[C@H](F)C7)nc5c3F)N3CCN[C@@H](CC)C3CCO4)c12. The molecule has 2 aromatic carbocycles. The summed E-state index contributed by atoms with van der Waals surface area (Å²) in [5.41, 5.74) is -0.717. The summed E-state index contributed by atoms with van der Waals surface area (Å²) in [4.78, 5) is 18.4. The average Bonchev–Trinajstić information content (AvgIpc) is 3.59. The van der Waals surface area contributed by atoms with Crippen LogP contribution in [0.4, 0.5) is 19.0 Å². The first-order valence-corrected chi connectivity index (χ1v) is 16.3. The lowest BCUT2D eigenvalue weighted by Crippen LogP contribution is -2.59. The van der Waals surface area contributed by atoms with Gasteiger partial charge >= 0.3 is 6.01 Å². The van der Waals surface area contributed by atoms with Crippen molar-refractivity contribution >= 4 is 27.5 Å². The third-order valence-corrected chi connectivity index (χ3v) is 10.4. The fraction of sp³-hybridized carbons (Fsp3) is 0.457. The number of piperazine rings is 1. The molecule has 8 rings (SSSR count). The molecule has 2 aromatic heterocycles. The van der Waals surface area contributed by atoms with E-state index in [2.05, 4.69) is 37.9 Å². The molecular formula is C35H35F3N6O3. The Morgan fingerprint density at radius 1 is 1.19 bits per heavy atom. The van der Waals surface area contributed by atoms with Crippen LogP contribution < -0.4 is 19.7 Å². The number of hydrogen-bond donors (Lipinski definition) is 2. The second-order valence-electron chi connectivity index (χ2n) is 13.0. The zero-order valence-electron chi connectivity index (χ0n) is 26.0. The molecule has 4 aliphatic heterocycles. The van der Waals surface area contributed by atoms with E-state index in [-0.39, 0.29) is 64.1 Å². The van der Waals surface area contributed by atoms with E-state index >= 15 is 4.39 Å². The van der Waals surface area contributed by atoms with Gasteiger partial charge in [-0.05, 0) is 49.4 Å². The number of alkyl halides is 1. The van der Waals surface area contributed by atoms with Gasteiger partial charge in [-0.1, -0.05) is 18.9 Å². The van der Waals surface area contributed by atoms with E-state index in [1.165, 1.54) is 24.3 Å². The van der Waals surface area contributed by atoms with Crippen molar-refractivity contribution in [2.45, 2.75) is 62.8 Å². The summed E-state index contributed by atoms with van der Waals surface area (Å²) in [5.74, 6) is 1.31. The number of aromatic nitrogens is 3. The van der Waals surface area contributed by atoms with Gasteiger partial charge in [0.25, 0.3) is 0 Å². The molecule has 0 spiro atoms. The van der Waals surface area contributed by atoms with Gasteiger partial charge in [0.2, 0.25) is 5.88 Å². The van der Waals surface area contributed by atoms with Gasteiger partial charge < -0.3 is 24.8 Å². The second kappa shape index (κ2) is 11.4. The van der Waals surface area contributed by atoms with Crippen LogP contribution in [-0.4, -0.2) is 88.1 Å². The first-order chi connectivity index (χ1) is 22.8. The monoisotopic (exact) mass is 644 g/mol. The number of nitrogens with one attached hydrogen (secondary N) is 1. The minimum Gasteiger partial charge on any atom is -0.508 e.